The molecule has 0 unspecified atom stereocenters. The molecule has 0 amide bonds. The third-order valence-corrected chi connectivity index (χ3v) is 7.44. The maximum atomic E-state index is 12.6. The largest absolute Gasteiger partial charge is 0.733 e. The van der Waals surface area contributed by atoms with Crippen LogP contribution in [-0.4, -0.2) is 52.3 Å². The number of anilines is 1. The Kier molecular flexibility index (Phi) is 5.13. The van der Waals surface area contributed by atoms with Crippen LogP contribution in [0.1, 0.15) is 43.5 Å². The summed E-state index contributed by atoms with van der Waals surface area (Å²) < 4.78 is 10.7. The van der Waals surface area contributed by atoms with Crippen LogP contribution < -0.4 is 5.23 Å². The van der Waals surface area contributed by atoms with E-state index >= 15 is 0 Å². The lowest BCUT2D eigenvalue weighted by Crippen LogP contribution is -2.64. The molecule has 0 spiro atoms. The molecular weight excluding hydrogens is 406 g/mol. The molecule has 0 radical (unpaired) electrons. The van der Waals surface area contributed by atoms with Crippen molar-refractivity contribution in [1.82, 2.24) is 0 Å². The first-order valence-corrected chi connectivity index (χ1v) is 10.3. The van der Waals surface area contributed by atoms with Crippen molar-refractivity contribution in [2.45, 2.75) is 44.8 Å². The molecule has 3 aliphatic rings. The van der Waals surface area contributed by atoms with Crippen LogP contribution in [0.5, 0.6) is 0 Å². The van der Waals surface area contributed by atoms with Gasteiger partial charge in [0.15, 0.2) is 0 Å². The van der Waals surface area contributed by atoms with Crippen molar-refractivity contribution in [2.75, 3.05) is 18.4 Å². The monoisotopic (exact) mass is 432 g/mol. The molecule has 1 saturated carbocycles. The van der Waals surface area contributed by atoms with Crippen LogP contribution in [0, 0.1) is 22.0 Å². The van der Waals surface area contributed by atoms with E-state index in [4.69, 9.17) is 14.7 Å². The first-order valence-electron chi connectivity index (χ1n) is 10.3. The molecule has 168 valence electrons. The molecule has 2 aliphatic carbocycles. The van der Waals surface area contributed by atoms with Crippen molar-refractivity contribution >= 4 is 17.6 Å². The second kappa shape index (κ2) is 7.30. The predicted molar refractivity (Wildman–Crippen MR) is 108 cm³/mol. The maximum Gasteiger partial charge on any atom is 0.338 e. The normalized spacial score (nSPS) is 36.7. The number of aliphatic hydroxyl groups is 2. The fourth-order valence-corrected chi connectivity index (χ4v) is 5.83. The zero-order chi connectivity index (χ0) is 22.6. The maximum absolute atomic E-state index is 12.6. The van der Waals surface area contributed by atoms with Crippen molar-refractivity contribution < 1.29 is 34.5 Å². The van der Waals surface area contributed by atoms with E-state index in [1.54, 1.807) is 0 Å². The minimum atomic E-state index is -1.50. The molecule has 31 heavy (non-hydrogen) atoms. The van der Waals surface area contributed by atoms with E-state index in [0.29, 0.717) is 12.8 Å². The lowest BCUT2D eigenvalue weighted by Gasteiger charge is -2.59. The Hall–Kier alpha value is -2.46. The summed E-state index contributed by atoms with van der Waals surface area (Å²) >= 11 is 0. The van der Waals surface area contributed by atoms with E-state index in [-0.39, 0.29) is 35.3 Å². The van der Waals surface area contributed by atoms with Gasteiger partial charge in [-0.3, -0.25) is 5.21 Å². The average Bonchev–Trinajstić information content (AvgIpc) is 3.02. The Morgan fingerprint density at radius 2 is 1.97 bits per heavy atom. The summed E-state index contributed by atoms with van der Waals surface area (Å²) in [6, 6.07) is 5.35. The first kappa shape index (κ1) is 21.8. The van der Waals surface area contributed by atoms with E-state index in [2.05, 4.69) is 0 Å². The van der Waals surface area contributed by atoms with Gasteiger partial charge in [0.25, 0.3) is 0 Å². The number of benzene rings is 1. The van der Waals surface area contributed by atoms with E-state index in [9.17, 15) is 25.0 Å². The molecule has 5 atom stereocenters. The van der Waals surface area contributed by atoms with E-state index in [1.807, 2.05) is 13.8 Å². The number of nitrogens with zero attached hydrogens (tertiary/aromatic N) is 1. The van der Waals surface area contributed by atoms with Gasteiger partial charge < -0.3 is 30.1 Å². The van der Waals surface area contributed by atoms with Gasteiger partial charge in [0.1, 0.15) is 12.2 Å². The molecule has 1 aromatic rings. The first-order chi connectivity index (χ1) is 14.5. The topological polar surface area (TPSA) is 140 Å². The fourth-order valence-electron chi connectivity index (χ4n) is 5.83. The van der Waals surface area contributed by atoms with E-state index < -0.39 is 40.4 Å². The smallest absolute Gasteiger partial charge is 0.338 e. The average molecular weight is 432 g/mol. The molecule has 9 heteroatoms. The van der Waals surface area contributed by atoms with Gasteiger partial charge in [0.2, 0.25) is 0 Å². The zero-order valence-electron chi connectivity index (χ0n) is 17.4. The van der Waals surface area contributed by atoms with Crippen molar-refractivity contribution in [3.05, 3.63) is 46.7 Å². The number of fused-ring (bicyclic) bond motifs is 3. The number of carbonyl (C=O) groups excluding carboxylic acids is 2. The number of rotatable bonds is 4. The van der Waals surface area contributed by atoms with E-state index in [1.165, 1.54) is 30.3 Å². The number of hydrogen-bond donors (Lipinski definition) is 3. The SMILES string of the molecule is C[C@]1(COC(=O)c2ccc(N([O-])O)cc2)CCC[C@@]2(C)[C@H]1[C@H](O)C=C1C(=O)OC[C@@]12O. The van der Waals surface area contributed by atoms with Crippen molar-refractivity contribution in [2.24, 2.45) is 16.7 Å². The lowest BCUT2D eigenvalue weighted by molar-refractivity contribution is -0.184. The second-order valence-corrected chi connectivity index (χ2v) is 9.31. The van der Waals surface area contributed by atoms with Crippen LogP contribution in [0.25, 0.3) is 0 Å². The number of aliphatic hydroxyl groups excluding tert-OH is 1. The Balaban J connectivity index is 1.57. The summed E-state index contributed by atoms with van der Waals surface area (Å²) in [5, 5.41) is 41.9. The van der Waals surface area contributed by atoms with Crippen molar-refractivity contribution in [1.29, 1.82) is 0 Å². The van der Waals surface area contributed by atoms with Gasteiger partial charge in [0.05, 0.1) is 29.5 Å². The Labute approximate surface area is 179 Å². The third-order valence-electron chi connectivity index (χ3n) is 7.44. The highest BCUT2D eigenvalue weighted by Crippen LogP contribution is 2.62. The molecule has 3 N–H and O–H groups in total. The quantitative estimate of drug-likeness (QED) is 0.481. The van der Waals surface area contributed by atoms with Gasteiger partial charge >= 0.3 is 11.9 Å². The number of carbonyl (C=O) groups is 2. The highest BCUT2D eigenvalue weighted by Gasteiger charge is 2.67. The Morgan fingerprint density at radius 3 is 2.61 bits per heavy atom. The standard InChI is InChI=1S/C22H26NO8/c1-20(11-30-18(25)13-4-6-14(7-5-13)23(28)29)8-3-9-21(2)17(20)16(24)10-15-19(26)31-12-22(15,21)27/h4-7,10,16-17,24,27-28H,3,8-9,11-12H2,1-2H3/q-1/t16-,17+,20-,21+,22-/m1/s1. The van der Waals surface area contributed by atoms with Crippen LogP contribution >= 0.6 is 0 Å². The van der Waals surface area contributed by atoms with Crippen molar-refractivity contribution in [3.8, 4) is 0 Å². The van der Waals surface area contributed by atoms with Crippen LogP contribution in [0.4, 0.5) is 5.69 Å². The van der Waals surface area contributed by atoms with E-state index in [0.717, 1.165) is 6.42 Å². The Morgan fingerprint density at radius 1 is 1.29 bits per heavy atom. The van der Waals surface area contributed by atoms with Gasteiger partial charge in [-0.1, -0.05) is 20.3 Å². The summed E-state index contributed by atoms with van der Waals surface area (Å²) in [5.74, 6) is -1.67. The molecule has 1 heterocycles. The summed E-state index contributed by atoms with van der Waals surface area (Å²) in [4.78, 5) is 24.7. The summed E-state index contributed by atoms with van der Waals surface area (Å²) in [5.41, 5.74) is -2.67. The minimum Gasteiger partial charge on any atom is -0.733 e. The molecule has 1 aromatic carbocycles. The number of hydrogen-bond acceptors (Lipinski definition) is 9. The van der Waals surface area contributed by atoms with Gasteiger partial charge in [-0.05, 0) is 43.2 Å². The van der Waals surface area contributed by atoms with Crippen LogP contribution in [0.15, 0.2) is 35.9 Å². The van der Waals surface area contributed by atoms with Gasteiger partial charge in [0, 0.05) is 16.7 Å². The van der Waals surface area contributed by atoms with Crippen LogP contribution in [-0.2, 0) is 14.3 Å². The molecular formula is C22H26NO8-. The molecule has 0 aromatic heterocycles. The number of cyclic esters (lactones) is 1. The van der Waals surface area contributed by atoms with Crippen molar-refractivity contribution in [3.63, 3.8) is 0 Å². The van der Waals surface area contributed by atoms with Gasteiger partial charge in [-0.25, -0.2) is 9.59 Å². The molecule has 1 aliphatic heterocycles. The summed E-state index contributed by atoms with van der Waals surface area (Å²) in [6.07, 6.45) is 2.37. The molecule has 2 fully saturated rings. The van der Waals surface area contributed by atoms with Crippen LogP contribution in [0.2, 0.25) is 0 Å². The fraction of sp³-hybridized carbons (Fsp3) is 0.545. The summed E-state index contributed by atoms with van der Waals surface area (Å²) in [7, 11) is 0. The van der Waals surface area contributed by atoms with Gasteiger partial charge in [-0.15, -0.1) is 0 Å². The lowest BCUT2D eigenvalue weighted by atomic mass is 9.46. The summed E-state index contributed by atoms with van der Waals surface area (Å²) in [6.45, 7) is 3.63. The van der Waals surface area contributed by atoms with Crippen LogP contribution in [0.3, 0.4) is 0 Å². The number of ether oxygens (including phenoxy) is 2. The van der Waals surface area contributed by atoms with Gasteiger partial charge in [-0.2, -0.15) is 0 Å². The molecule has 1 saturated heterocycles. The minimum absolute atomic E-state index is 0.00659. The third kappa shape index (κ3) is 3.23. The number of esters is 2. The highest BCUT2D eigenvalue weighted by molar-refractivity contribution is 5.94. The molecule has 4 rings (SSSR count). The molecule has 0 bridgehead atoms. The predicted octanol–water partition coefficient (Wildman–Crippen LogP) is 1.94. The zero-order valence-corrected chi connectivity index (χ0v) is 17.4. The Bertz CT molecular complexity index is 928. The highest BCUT2D eigenvalue weighted by atomic mass is 16.8. The second-order valence-electron chi connectivity index (χ2n) is 9.31. The molecule has 9 nitrogen and oxygen atoms in total.